The van der Waals surface area contributed by atoms with Crippen molar-refractivity contribution in [3.63, 3.8) is 0 Å². The maximum Gasteiger partial charge on any atom is 0.442 e. The van der Waals surface area contributed by atoms with Crippen LogP contribution in [0.2, 0.25) is 0 Å². The number of amides is 3. The van der Waals surface area contributed by atoms with Crippen LogP contribution < -0.4 is 5.32 Å². The molecule has 3 amide bonds. The first kappa shape index (κ1) is 12.0. The maximum absolute atomic E-state index is 11.3. The number of urea groups is 1. The van der Waals surface area contributed by atoms with Crippen LogP contribution >= 0.6 is 0 Å². The standard InChI is InChI=1S/C10H12N2O4/c1-2-16-10(14)12(15)9(13)11-8-6-4-3-5-7-8/h3-7,15H,2H2,1H3,(H,11,13). The summed E-state index contributed by atoms with van der Waals surface area (Å²) < 4.78 is 4.44. The number of hydrogen-bond donors (Lipinski definition) is 2. The zero-order valence-corrected chi connectivity index (χ0v) is 8.71. The topological polar surface area (TPSA) is 78.9 Å². The molecule has 0 aliphatic rings. The average molecular weight is 224 g/mol. The van der Waals surface area contributed by atoms with Crippen molar-refractivity contribution < 1.29 is 19.5 Å². The van der Waals surface area contributed by atoms with Crippen LogP contribution in [-0.4, -0.2) is 29.0 Å². The first-order valence-corrected chi connectivity index (χ1v) is 4.67. The number of nitrogens with zero attached hydrogens (tertiary/aromatic N) is 1. The molecule has 0 spiro atoms. The quantitative estimate of drug-likeness (QED) is 0.595. The Bertz CT molecular complexity index is 366. The molecule has 0 fully saturated rings. The minimum Gasteiger partial charge on any atom is -0.448 e. The van der Waals surface area contributed by atoms with E-state index < -0.39 is 12.1 Å². The summed E-state index contributed by atoms with van der Waals surface area (Å²) in [5.41, 5.74) is 0.468. The lowest BCUT2D eigenvalue weighted by Crippen LogP contribution is -2.37. The Morgan fingerprint density at radius 1 is 1.38 bits per heavy atom. The lowest BCUT2D eigenvalue weighted by Gasteiger charge is -2.13. The van der Waals surface area contributed by atoms with E-state index in [1.165, 1.54) is 0 Å². The van der Waals surface area contributed by atoms with Crippen LogP contribution in [-0.2, 0) is 4.74 Å². The summed E-state index contributed by atoms with van der Waals surface area (Å²) in [4.78, 5) is 22.3. The van der Waals surface area contributed by atoms with Gasteiger partial charge in [-0.3, -0.25) is 5.21 Å². The summed E-state index contributed by atoms with van der Waals surface area (Å²) in [7, 11) is 0. The third kappa shape index (κ3) is 3.25. The smallest absolute Gasteiger partial charge is 0.442 e. The lowest BCUT2D eigenvalue weighted by atomic mass is 10.3. The molecule has 0 saturated carbocycles. The van der Waals surface area contributed by atoms with E-state index in [1.807, 2.05) is 0 Å². The number of benzene rings is 1. The number of hydroxylamine groups is 2. The largest absolute Gasteiger partial charge is 0.448 e. The Balaban J connectivity index is 2.56. The van der Waals surface area contributed by atoms with E-state index >= 15 is 0 Å². The number of carbonyl (C=O) groups is 2. The van der Waals surface area contributed by atoms with E-state index in [4.69, 9.17) is 5.21 Å². The predicted octanol–water partition coefficient (Wildman–Crippen LogP) is 2.07. The average Bonchev–Trinajstić information content (AvgIpc) is 2.29. The molecule has 0 aromatic heterocycles. The van der Waals surface area contributed by atoms with E-state index in [9.17, 15) is 9.59 Å². The zero-order valence-electron chi connectivity index (χ0n) is 8.71. The van der Waals surface area contributed by atoms with Gasteiger partial charge in [-0.1, -0.05) is 18.2 Å². The zero-order chi connectivity index (χ0) is 12.0. The molecule has 1 aromatic carbocycles. The fourth-order valence-corrected chi connectivity index (χ4v) is 0.965. The highest BCUT2D eigenvalue weighted by atomic mass is 16.6. The SMILES string of the molecule is CCOC(=O)N(O)C(=O)Nc1ccccc1. The minimum atomic E-state index is -1.11. The highest BCUT2D eigenvalue weighted by Gasteiger charge is 2.20. The van der Waals surface area contributed by atoms with Crippen molar-refractivity contribution in [1.82, 2.24) is 5.06 Å². The van der Waals surface area contributed by atoms with Crippen molar-refractivity contribution in [1.29, 1.82) is 0 Å². The van der Waals surface area contributed by atoms with Gasteiger partial charge in [0.2, 0.25) is 0 Å². The van der Waals surface area contributed by atoms with Crippen LogP contribution in [0.5, 0.6) is 0 Å². The van der Waals surface area contributed by atoms with Crippen molar-refractivity contribution in [2.24, 2.45) is 0 Å². The van der Waals surface area contributed by atoms with Crippen molar-refractivity contribution >= 4 is 17.8 Å². The molecule has 0 radical (unpaired) electrons. The second-order valence-electron chi connectivity index (χ2n) is 2.81. The molecule has 6 nitrogen and oxygen atoms in total. The molecular weight excluding hydrogens is 212 g/mol. The highest BCUT2D eigenvalue weighted by Crippen LogP contribution is 2.06. The van der Waals surface area contributed by atoms with Crippen molar-refractivity contribution in [2.45, 2.75) is 6.92 Å². The normalized spacial score (nSPS) is 9.38. The van der Waals surface area contributed by atoms with Gasteiger partial charge in [0.05, 0.1) is 6.61 Å². The molecular formula is C10H12N2O4. The first-order chi connectivity index (χ1) is 7.65. The highest BCUT2D eigenvalue weighted by molar-refractivity contribution is 5.97. The molecule has 86 valence electrons. The van der Waals surface area contributed by atoms with Crippen LogP contribution in [0.1, 0.15) is 6.92 Å². The Morgan fingerprint density at radius 2 is 2.00 bits per heavy atom. The van der Waals surface area contributed by atoms with Gasteiger partial charge in [-0.05, 0) is 19.1 Å². The number of anilines is 1. The molecule has 0 bridgehead atoms. The molecule has 1 rings (SSSR count). The van der Waals surface area contributed by atoms with Gasteiger partial charge in [0.1, 0.15) is 0 Å². The van der Waals surface area contributed by atoms with Crippen LogP contribution in [0.15, 0.2) is 30.3 Å². The van der Waals surface area contributed by atoms with Gasteiger partial charge < -0.3 is 10.1 Å². The third-order valence-corrected chi connectivity index (χ3v) is 1.66. The number of ether oxygens (including phenoxy) is 1. The first-order valence-electron chi connectivity index (χ1n) is 4.67. The van der Waals surface area contributed by atoms with E-state index in [0.29, 0.717) is 5.69 Å². The fourth-order valence-electron chi connectivity index (χ4n) is 0.965. The predicted molar refractivity (Wildman–Crippen MR) is 56.1 cm³/mol. The van der Waals surface area contributed by atoms with Gasteiger partial charge >= 0.3 is 12.1 Å². The molecule has 0 saturated heterocycles. The van der Waals surface area contributed by atoms with Crippen molar-refractivity contribution in [3.05, 3.63) is 30.3 Å². The molecule has 0 aliphatic carbocycles. The van der Waals surface area contributed by atoms with Gasteiger partial charge in [-0.25, -0.2) is 9.59 Å². The summed E-state index contributed by atoms with van der Waals surface area (Å²) in [5, 5.41) is 11.3. The Labute approximate surface area is 92.4 Å². The second-order valence-corrected chi connectivity index (χ2v) is 2.81. The summed E-state index contributed by atoms with van der Waals surface area (Å²) in [6.07, 6.45) is -1.11. The molecule has 0 heterocycles. The summed E-state index contributed by atoms with van der Waals surface area (Å²) in [6.45, 7) is 1.65. The number of imide groups is 1. The van der Waals surface area contributed by atoms with Gasteiger partial charge in [-0.2, -0.15) is 0 Å². The van der Waals surface area contributed by atoms with E-state index in [2.05, 4.69) is 10.1 Å². The molecule has 0 atom stereocenters. The van der Waals surface area contributed by atoms with Gasteiger partial charge in [-0.15, -0.1) is 5.06 Å². The molecule has 16 heavy (non-hydrogen) atoms. The Hall–Kier alpha value is -2.08. The Kier molecular flexibility index (Phi) is 4.28. The van der Waals surface area contributed by atoms with Crippen LogP contribution in [0.3, 0.4) is 0 Å². The molecule has 0 aliphatic heterocycles. The van der Waals surface area contributed by atoms with Crippen molar-refractivity contribution in [3.8, 4) is 0 Å². The van der Waals surface area contributed by atoms with Gasteiger partial charge in [0.25, 0.3) is 0 Å². The van der Waals surface area contributed by atoms with Crippen molar-refractivity contribution in [2.75, 3.05) is 11.9 Å². The van der Waals surface area contributed by atoms with Crippen LogP contribution in [0, 0.1) is 0 Å². The van der Waals surface area contributed by atoms with E-state index in [-0.39, 0.29) is 11.7 Å². The molecule has 6 heteroatoms. The monoisotopic (exact) mass is 224 g/mol. The summed E-state index contributed by atoms with van der Waals surface area (Å²) >= 11 is 0. The second kappa shape index (κ2) is 5.72. The van der Waals surface area contributed by atoms with Gasteiger partial charge in [0, 0.05) is 5.69 Å². The fraction of sp³-hybridized carbons (Fsp3) is 0.200. The van der Waals surface area contributed by atoms with E-state index in [1.54, 1.807) is 37.3 Å². The summed E-state index contributed by atoms with van der Waals surface area (Å²) in [5.74, 6) is 0. The lowest BCUT2D eigenvalue weighted by molar-refractivity contribution is -0.0306. The van der Waals surface area contributed by atoms with E-state index in [0.717, 1.165) is 0 Å². The van der Waals surface area contributed by atoms with Crippen LogP contribution in [0.4, 0.5) is 15.3 Å². The maximum atomic E-state index is 11.3. The number of para-hydroxylation sites is 1. The van der Waals surface area contributed by atoms with Gasteiger partial charge in [0.15, 0.2) is 0 Å². The molecule has 0 unspecified atom stereocenters. The molecule has 2 N–H and O–H groups in total. The Morgan fingerprint density at radius 3 is 2.56 bits per heavy atom. The minimum absolute atomic E-state index is 0.0779. The third-order valence-electron chi connectivity index (χ3n) is 1.66. The number of hydrogen-bond acceptors (Lipinski definition) is 4. The number of carbonyl (C=O) groups excluding carboxylic acids is 2. The van der Waals surface area contributed by atoms with Crippen LogP contribution in [0.25, 0.3) is 0 Å². The summed E-state index contributed by atoms with van der Waals surface area (Å²) in [6, 6.07) is 7.47. The number of rotatable bonds is 2. The molecule has 1 aromatic rings. The number of nitrogens with one attached hydrogen (secondary N) is 1.